The topological polar surface area (TPSA) is 38.7 Å². The van der Waals surface area contributed by atoms with E-state index < -0.39 is 8.07 Å². The standard InChI is InChI=1S/C43H31N3Si/c1-47(2)38-25-24-29-14-9-10-17-35(29)39(38)36-18-11-19-37(40(36)47)43-45-41(30-15-7-4-8-16-30)44-42(46-43)34-23-22-32-26-31(20-21-33(32)27-34)28-12-5-3-6-13-28/h3-27H,1-2H3. The van der Waals surface area contributed by atoms with Gasteiger partial charge in [0.1, 0.15) is 8.07 Å². The van der Waals surface area contributed by atoms with E-state index in [1.807, 2.05) is 18.2 Å². The SMILES string of the molecule is C[Si]1(C)c2ccc3ccccc3c2-c2cccc(-c3nc(-c4ccccc4)nc(-c4ccc5cc(-c6ccccc6)ccc5c4)n3)c21. The van der Waals surface area contributed by atoms with Crippen LogP contribution in [0.5, 0.6) is 0 Å². The van der Waals surface area contributed by atoms with Crippen molar-refractivity contribution in [1.82, 2.24) is 15.0 Å². The number of fused-ring (bicyclic) bond motifs is 6. The van der Waals surface area contributed by atoms with Gasteiger partial charge in [-0.1, -0.05) is 153 Å². The normalized spacial score (nSPS) is 13.1. The highest BCUT2D eigenvalue weighted by molar-refractivity contribution is 7.04. The summed E-state index contributed by atoms with van der Waals surface area (Å²) < 4.78 is 0. The summed E-state index contributed by atoms with van der Waals surface area (Å²) in [7, 11) is -2.09. The zero-order chi connectivity index (χ0) is 31.5. The first-order valence-corrected chi connectivity index (χ1v) is 19.1. The molecular weight excluding hydrogens is 587 g/mol. The van der Waals surface area contributed by atoms with Crippen molar-refractivity contribution >= 4 is 40.0 Å². The second-order valence-corrected chi connectivity index (χ2v) is 17.2. The van der Waals surface area contributed by atoms with Gasteiger partial charge in [0.15, 0.2) is 17.5 Å². The summed E-state index contributed by atoms with van der Waals surface area (Å²) >= 11 is 0. The molecule has 1 aliphatic heterocycles. The molecule has 0 aliphatic carbocycles. The van der Waals surface area contributed by atoms with Crippen LogP contribution in [0, 0.1) is 0 Å². The molecule has 0 saturated carbocycles. The monoisotopic (exact) mass is 617 g/mol. The summed E-state index contributed by atoms with van der Waals surface area (Å²) in [4.78, 5) is 15.5. The fourth-order valence-electron chi connectivity index (χ4n) is 7.37. The number of hydrogen-bond donors (Lipinski definition) is 0. The highest BCUT2D eigenvalue weighted by atomic mass is 28.3. The van der Waals surface area contributed by atoms with Gasteiger partial charge >= 0.3 is 0 Å². The van der Waals surface area contributed by atoms with Crippen molar-refractivity contribution in [2.45, 2.75) is 13.1 Å². The Morgan fingerprint density at radius 1 is 0.404 bits per heavy atom. The van der Waals surface area contributed by atoms with Crippen molar-refractivity contribution in [1.29, 1.82) is 0 Å². The van der Waals surface area contributed by atoms with Gasteiger partial charge in [-0.05, 0) is 66.3 Å². The van der Waals surface area contributed by atoms with Gasteiger partial charge in [-0.2, -0.15) is 0 Å². The number of aromatic nitrogens is 3. The highest BCUT2D eigenvalue weighted by Crippen LogP contribution is 2.37. The van der Waals surface area contributed by atoms with Crippen LogP contribution in [-0.2, 0) is 0 Å². The first kappa shape index (κ1) is 27.6. The Bertz CT molecular complexity index is 2490. The molecule has 7 aromatic carbocycles. The molecule has 0 amide bonds. The van der Waals surface area contributed by atoms with Gasteiger partial charge in [0.25, 0.3) is 0 Å². The second kappa shape index (κ2) is 10.7. The Kier molecular flexibility index (Phi) is 6.27. The zero-order valence-electron chi connectivity index (χ0n) is 26.3. The molecule has 0 spiro atoms. The molecule has 8 aromatic rings. The Labute approximate surface area is 275 Å². The molecule has 0 radical (unpaired) electrons. The molecule has 9 rings (SSSR count). The van der Waals surface area contributed by atoms with Crippen LogP contribution >= 0.6 is 0 Å². The fraction of sp³-hybridized carbons (Fsp3) is 0.0465. The summed E-state index contributed by atoms with van der Waals surface area (Å²) in [5.74, 6) is 2.09. The van der Waals surface area contributed by atoms with Crippen LogP contribution in [0.3, 0.4) is 0 Å². The lowest BCUT2D eigenvalue weighted by molar-refractivity contribution is 1.08. The van der Waals surface area contributed by atoms with Gasteiger partial charge in [-0.25, -0.2) is 15.0 Å². The minimum Gasteiger partial charge on any atom is -0.208 e. The molecule has 0 atom stereocenters. The predicted octanol–water partition coefficient (Wildman–Crippen LogP) is 9.65. The minimum absolute atomic E-state index is 0.681. The van der Waals surface area contributed by atoms with Gasteiger partial charge in [-0.15, -0.1) is 0 Å². The molecule has 47 heavy (non-hydrogen) atoms. The van der Waals surface area contributed by atoms with Crippen molar-refractivity contribution in [3.8, 4) is 56.4 Å². The van der Waals surface area contributed by atoms with Crippen LogP contribution in [0.4, 0.5) is 0 Å². The summed E-state index contributed by atoms with van der Waals surface area (Å²) in [5.41, 5.74) is 8.16. The van der Waals surface area contributed by atoms with E-state index in [2.05, 4.69) is 147 Å². The fourth-order valence-corrected chi connectivity index (χ4v) is 10.8. The highest BCUT2D eigenvalue weighted by Gasteiger charge is 2.40. The molecule has 0 saturated heterocycles. The maximum atomic E-state index is 5.24. The first-order valence-electron chi connectivity index (χ1n) is 16.1. The lowest BCUT2D eigenvalue weighted by Crippen LogP contribution is -2.50. The van der Waals surface area contributed by atoms with E-state index in [0.717, 1.165) is 27.9 Å². The predicted molar refractivity (Wildman–Crippen MR) is 199 cm³/mol. The van der Waals surface area contributed by atoms with Crippen LogP contribution < -0.4 is 10.4 Å². The molecule has 4 heteroatoms. The van der Waals surface area contributed by atoms with E-state index in [1.54, 1.807) is 0 Å². The molecule has 222 valence electrons. The van der Waals surface area contributed by atoms with Crippen molar-refractivity contribution in [3.05, 3.63) is 152 Å². The van der Waals surface area contributed by atoms with Gasteiger partial charge in [0, 0.05) is 16.7 Å². The Hall–Kier alpha value is -5.71. The van der Waals surface area contributed by atoms with Crippen molar-refractivity contribution in [2.24, 2.45) is 0 Å². The molecule has 1 aliphatic rings. The lowest BCUT2D eigenvalue weighted by atomic mass is 9.97. The molecule has 2 heterocycles. The van der Waals surface area contributed by atoms with E-state index in [4.69, 9.17) is 15.0 Å². The number of hydrogen-bond acceptors (Lipinski definition) is 3. The summed E-state index contributed by atoms with van der Waals surface area (Å²) in [6.07, 6.45) is 0. The van der Waals surface area contributed by atoms with Crippen LogP contribution in [0.1, 0.15) is 0 Å². The average Bonchev–Trinajstić information content (AvgIpc) is 3.38. The molecular formula is C43H31N3Si. The maximum absolute atomic E-state index is 5.24. The van der Waals surface area contributed by atoms with E-state index in [-0.39, 0.29) is 0 Å². The third-order valence-corrected chi connectivity index (χ3v) is 13.2. The van der Waals surface area contributed by atoms with Gasteiger partial charge in [-0.3, -0.25) is 0 Å². The maximum Gasteiger partial charge on any atom is 0.164 e. The van der Waals surface area contributed by atoms with Crippen molar-refractivity contribution in [2.75, 3.05) is 0 Å². The van der Waals surface area contributed by atoms with Crippen LogP contribution in [0.2, 0.25) is 13.1 Å². The summed E-state index contributed by atoms with van der Waals surface area (Å²) in [6, 6.07) is 54.0. The molecule has 3 nitrogen and oxygen atoms in total. The quantitative estimate of drug-likeness (QED) is 0.185. The van der Waals surface area contributed by atoms with Crippen molar-refractivity contribution < 1.29 is 0 Å². The van der Waals surface area contributed by atoms with Gasteiger partial charge < -0.3 is 0 Å². The Morgan fingerprint density at radius 2 is 0.979 bits per heavy atom. The van der Waals surface area contributed by atoms with Crippen LogP contribution in [0.25, 0.3) is 78.0 Å². The number of rotatable bonds is 4. The molecule has 0 bridgehead atoms. The van der Waals surface area contributed by atoms with Crippen molar-refractivity contribution in [3.63, 3.8) is 0 Å². The third-order valence-electron chi connectivity index (χ3n) is 9.68. The molecule has 0 unspecified atom stereocenters. The minimum atomic E-state index is -2.09. The molecule has 1 aromatic heterocycles. The summed E-state index contributed by atoms with van der Waals surface area (Å²) in [5, 5.41) is 7.80. The molecule has 0 N–H and O–H groups in total. The van der Waals surface area contributed by atoms with Gasteiger partial charge in [0.2, 0.25) is 0 Å². The van der Waals surface area contributed by atoms with E-state index in [9.17, 15) is 0 Å². The Morgan fingerprint density at radius 3 is 1.74 bits per heavy atom. The second-order valence-electron chi connectivity index (χ2n) is 12.9. The Balaban J connectivity index is 1.23. The number of benzene rings is 7. The third kappa shape index (κ3) is 4.52. The smallest absolute Gasteiger partial charge is 0.164 e. The van der Waals surface area contributed by atoms with E-state index >= 15 is 0 Å². The van der Waals surface area contributed by atoms with Gasteiger partial charge in [0.05, 0.1) is 0 Å². The van der Waals surface area contributed by atoms with Crippen LogP contribution in [0.15, 0.2) is 152 Å². The van der Waals surface area contributed by atoms with E-state index in [1.165, 1.54) is 48.8 Å². The first-order chi connectivity index (χ1) is 23.0. The lowest BCUT2D eigenvalue weighted by Gasteiger charge is -2.22. The summed E-state index contributed by atoms with van der Waals surface area (Å²) in [6.45, 7) is 4.92. The van der Waals surface area contributed by atoms with E-state index in [0.29, 0.717) is 11.6 Å². The largest absolute Gasteiger partial charge is 0.208 e. The van der Waals surface area contributed by atoms with Crippen LogP contribution in [-0.4, -0.2) is 23.0 Å². The zero-order valence-corrected chi connectivity index (χ0v) is 27.3. The number of nitrogens with zero attached hydrogens (tertiary/aromatic N) is 3. The molecule has 0 fully saturated rings. The average molecular weight is 618 g/mol.